The van der Waals surface area contributed by atoms with E-state index in [4.69, 9.17) is 11.6 Å². The molecule has 0 amide bonds. The molecule has 5 nitrogen and oxygen atoms in total. The number of hydrogen-bond acceptors (Lipinski definition) is 4. The molecule has 3 heterocycles. The first-order valence-electron chi connectivity index (χ1n) is 6.96. The molecule has 6 heteroatoms. The van der Waals surface area contributed by atoms with Gasteiger partial charge in [-0.3, -0.25) is 0 Å². The first-order chi connectivity index (χ1) is 10.2. The van der Waals surface area contributed by atoms with Crippen molar-refractivity contribution in [2.24, 2.45) is 0 Å². The molecule has 0 aliphatic carbocycles. The van der Waals surface area contributed by atoms with E-state index in [1.54, 1.807) is 6.33 Å². The maximum atomic E-state index is 6.05. The van der Waals surface area contributed by atoms with Crippen LogP contribution in [-0.4, -0.2) is 26.5 Å². The average Bonchev–Trinajstić information content (AvgIpc) is 2.93. The lowest BCUT2D eigenvalue weighted by Crippen LogP contribution is -2.25. The zero-order chi connectivity index (χ0) is 14.4. The molecule has 21 heavy (non-hydrogen) atoms. The third-order valence-electron chi connectivity index (χ3n) is 3.85. The van der Waals surface area contributed by atoms with E-state index in [2.05, 4.69) is 50.0 Å². The van der Waals surface area contributed by atoms with E-state index in [-0.39, 0.29) is 5.28 Å². The highest BCUT2D eigenvalue weighted by atomic mass is 35.5. The van der Waals surface area contributed by atoms with Crippen molar-refractivity contribution in [2.75, 3.05) is 11.4 Å². The van der Waals surface area contributed by atoms with Crippen LogP contribution in [-0.2, 0) is 6.42 Å². The van der Waals surface area contributed by atoms with E-state index in [0.29, 0.717) is 5.65 Å². The second-order valence-corrected chi connectivity index (χ2v) is 5.64. The molecule has 3 aromatic rings. The number of aromatic amines is 1. The number of halogens is 1. The molecule has 1 aromatic carbocycles. The van der Waals surface area contributed by atoms with Crippen LogP contribution in [0.5, 0.6) is 0 Å². The number of H-pyrrole nitrogens is 1. The van der Waals surface area contributed by atoms with Gasteiger partial charge in [0.05, 0.1) is 6.33 Å². The molecule has 0 fully saturated rings. The normalized spacial score (nSPS) is 14.5. The van der Waals surface area contributed by atoms with E-state index >= 15 is 0 Å². The molecule has 0 saturated carbocycles. The Labute approximate surface area is 127 Å². The van der Waals surface area contributed by atoms with Crippen LogP contribution in [0.4, 0.5) is 11.5 Å². The first-order valence-corrected chi connectivity index (χ1v) is 7.34. The van der Waals surface area contributed by atoms with Crippen LogP contribution < -0.4 is 4.90 Å². The highest BCUT2D eigenvalue weighted by molar-refractivity contribution is 6.28. The summed E-state index contributed by atoms with van der Waals surface area (Å²) >= 11 is 6.05. The zero-order valence-electron chi connectivity index (χ0n) is 11.6. The molecule has 2 aromatic heterocycles. The Bertz CT molecular complexity index is 826. The van der Waals surface area contributed by atoms with Crippen molar-refractivity contribution in [3.05, 3.63) is 40.9 Å². The van der Waals surface area contributed by atoms with Gasteiger partial charge >= 0.3 is 0 Å². The second kappa shape index (κ2) is 4.70. The molecular weight excluding hydrogens is 286 g/mol. The number of fused-ring (bicyclic) bond motifs is 2. The van der Waals surface area contributed by atoms with Gasteiger partial charge in [0.2, 0.25) is 5.28 Å². The number of anilines is 2. The summed E-state index contributed by atoms with van der Waals surface area (Å²) in [5.74, 6) is 0.798. The van der Waals surface area contributed by atoms with Gasteiger partial charge in [-0.25, -0.2) is 4.98 Å². The van der Waals surface area contributed by atoms with Crippen molar-refractivity contribution in [3.63, 3.8) is 0 Å². The van der Waals surface area contributed by atoms with Crippen LogP contribution in [0.1, 0.15) is 17.5 Å². The Kier molecular flexibility index (Phi) is 2.82. The summed E-state index contributed by atoms with van der Waals surface area (Å²) in [4.78, 5) is 18.1. The van der Waals surface area contributed by atoms with Crippen LogP contribution in [0.2, 0.25) is 5.28 Å². The van der Waals surface area contributed by atoms with Crippen molar-refractivity contribution in [2.45, 2.75) is 19.8 Å². The Morgan fingerprint density at radius 3 is 3.10 bits per heavy atom. The predicted molar refractivity (Wildman–Crippen MR) is 83.2 cm³/mol. The summed E-state index contributed by atoms with van der Waals surface area (Å²) in [7, 11) is 0. The van der Waals surface area contributed by atoms with Gasteiger partial charge in [0.1, 0.15) is 5.52 Å². The number of hydrogen-bond donors (Lipinski definition) is 1. The number of imidazole rings is 1. The van der Waals surface area contributed by atoms with Crippen LogP contribution in [0.15, 0.2) is 24.5 Å². The third kappa shape index (κ3) is 2.05. The summed E-state index contributed by atoms with van der Waals surface area (Å²) in [5.41, 5.74) is 5.25. The number of nitrogens with zero attached hydrogens (tertiary/aromatic N) is 4. The number of aromatic nitrogens is 4. The monoisotopic (exact) mass is 299 g/mol. The fourth-order valence-corrected chi connectivity index (χ4v) is 3.09. The summed E-state index contributed by atoms with van der Waals surface area (Å²) in [6.07, 6.45) is 3.81. The molecule has 0 bridgehead atoms. The highest BCUT2D eigenvalue weighted by Crippen LogP contribution is 2.35. The Hall–Kier alpha value is -2.14. The topological polar surface area (TPSA) is 57.7 Å². The molecule has 1 aliphatic heterocycles. The molecule has 0 atom stereocenters. The fourth-order valence-electron chi connectivity index (χ4n) is 2.93. The second-order valence-electron chi connectivity index (χ2n) is 5.30. The highest BCUT2D eigenvalue weighted by Gasteiger charge is 2.22. The average molecular weight is 300 g/mol. The smallest absolute Gasteiger partial charge is 0.226 e. The number of aryl methyl sites for hydroxylation is 2. The van der Waals surface area contributed by atoms with E-state index in [1.165, 1.54) is 16.8 Å². The van der Waals surface area contributed by atoms with E-state index in [0.717, 1.165) is 30.7 Å². The van der Waals surface area contributed by atoms with Crippen molar-refractivity contribution in [3.8, 4) is 0 Å². The number of nitrogens with one attached hydrogen (secondary N) is 1. The Morgan fingerprint density at radius 2 is 2.19 bits per heavy atom. The number of benzene rings is 1. The minimum absolute atomic E-state index is 0.226. The molecule has 0 spiro atoms. The molecule has 0 radical (unpaired) electrons. The quantitative estimate of drug-likeness (QED) is 0.700. The summed E-state index contributed by atoms with van der Waals surface area (Å²) < 4.78 is 0. The van der Waals surface area contributed by atoms with Crippen molar-refractivity contribution >= 4 is 34.3 Å². The largest absolute Gasteiger partial charge is 0.340 e. The number of rotatable bonds is 1. The maximum Gasteiger partial charge on any atom is 0.226 e. The summed E-state index contributed by atoms with van der Waals surface area (Å²) in [5, 5.41) is 0.226. The van der Waals surface area contributed by atoms with Gasteiger partial charge in [0.25, 0.3) is 0 Å². The van der Waals surface area contributed by atoms with E-state index in [9.17, 15) is 0 Å². The minimum Gasteiger partial charge on any atom is -0.340 e. The van der Waals surface area contributed by atoms with Crippen LogP contribution in [0, 0.1) is 6.92 Å². The van der Waals surface area contributed by atoms with Gasteiger partial charge < -0.3 is 9.88 Å². The van der Waals surface area contributed by atoms with Gasteiger partial charge in [-0.1, -0.05) is 17.7 Å². The Balaban J connectivity index is 1.92. The molecule has 1 N–H and O–H groups in total. The van der Waals surface area contributed by atoms with Crippen LogP contribution in [0.25, 0.3) is 11.2 Å². The molecule has 106 valence electrons. The minimum atomic E-state index is 0.226. The molecule has 0 saturated heterocycles. The predicted octanol–water partition coefficient (Wildman–Crippen LogP) is 3.40. The van der Waals surface area contributed by atoms with Gasteiger partial charge in [0, 0.05) is 12.2 Å². The molecule has 4 rings (SSSR count). The lowest BCUT2D eigenvalue weighted by atomic mass is 9.99. The summed E-state index contributed by atoms with van der Waals surface area (Å²) in [6.45, 7) is 3.03. The SMILES string of the molecule is Cc1ccc2c(c1)CCCN2c1nc(Cl)nc2nc[nH]c12. The Morgan fingerprint density at radius 1 is 1.29 bits per heavy atom. The molecule has 0 unspecified atom stereocenters. The molecule has 1 aliphatic rings. The van der Waals surface area contributed by atoms with E-state index < -0.39 is 0 Å². The van der Waals surface area contributed by atoms with Gasteiger partial charge in [-0.15, -0.1) is 0 Å². The lowest BCUT2D eigenvalue weighted by molar-refractivity contribution is 0.759. The molecular formula is C15H14ClN5. The van der Waals surface area contributed by atoms with Gasteiger partial charge in [-0.2, -0.15) is 9.97 Å². The van der Waals surface area contributed by atoms with Gasteiger partial charge in [-0.05, 0) is 43.0 Å². The standard InChI is InChI=1S/C15H14ClN5/c1-9-4-5-11-10(7-9)3-2-6-21(11)14-12-13(18-8-17-12)19-15(16)20-14/h4-5,7-8H,2-3,6H2,1H3,(H,17,18,19,20). The van der Waals surface area contributed by atoms with Crippen molar-refractivity contribution < 1.29 is 0 Å². The van der Waals surface area contributed by atoms with Crippen molar-refractivity contribution in [1.82, 2.24) is 19.9 Å². The lowest BCUT2D eigenvalue weighted by Gasteiger charge is -2.30. The fraction of sp³-hybridized carbons (Fsp3) is 0.267. The first kappa shape index (κ1) is 12.6. The zero-order valence-corrected chi connectivity index (χ0v) is 12.4. The van der Waals surface area contributed by atoms with Crippen molar-refractivity contribution in [1.29, 1.82) is 0 Å². The van der Waals surface area contributed by atoms with E-state index in [1.807, 2.05) is 0 Å². The van der Waals surface area contributed by atoms with Gasteiger partial charge in [0.15, 0.2) is 11.5 Å². The maximum absolute atomic E-state index is 6.05. The summed E-state index contributed by atoms with van der Waals surface area (Å²) in [6, 6.07) is 6.53. The van der Waals surface area contributed by atoms with Crippen LogP contribution >= 0.6 is 11.6 Å². The third-order valence-corrected chi connectivity index (χ3v) is 4.02. The van der Waals surface area contributed by atoms with Crippen LogP contribution in [0.3, 0.4) is 0 Å².